The molecular weight excluding hydrogens is 468 g/mol. The molecule has 2 aliphatic heterocycles. The maximum atomic E-state index is 13.5. The van der Waals surface area contributed by atoms with Crippen molar-refractivity contribution in [3.05, 3.63) is 77.2 Å². The summed E-state index contributed by atoms with van der Waals surface area (Å²) in [7, 11) is -2.91. The van der Waals surface area contributed by atoms with Gasteiger partial charge in [-0.3, -0.25) is 9.69 Å². The van der Waals surface area contributed by atoms with Crippen molar-refractivity contribution in [2.75, 3.05) is 37.7 Å². The molecule has 3 aromatic rings. The first-order chi connectivity index (χ1) is 16.5. The molecule has 34 heavy (non-hydrogen) atoms. The molecule has 178 valence electrons. The lowest BCUT2D eigenvalue weighted by molar-refractivity contribution is 0.0588. The first-order valence-electron chi connectivity index (χ1n) is 11.6. The second-order valence-electron chi connectivity index (χ2n) is 8.83. The van der Waals surface area contributed by atoms with Gasteiger partial charge in [-0.15, -0.1) is 11.3 Å². The molecule has 2 aliphatic rings. The van der Waals surface area contributed by atoms with E-state index < -0.39 is 9.84 Å². The topological polar surface area (TPSA) is 66.9 Å². The van der Waals surface area contributed by atoms with Gasteiger partial charge in [0.25, 0.3) is 5.91 Å². The van der Waals surface area contributed by atoms with Crippen LogP contribution in [0.1, 0.15) is 21.7 Å². The van der Waals surface area contributed by atoms with Gasteiger partial charge in [0.1, 0.15) is 17.2 Å². The van der Waals surface area contributed by atoms with Crippen LogP contribution in [0.2, 0.25) is 0 Å². The zero-order valence-electron chi connectivity index (χ0n) is 18.9. The number of thiophene rings is 1. The van der Waals surface area contributed by atoms with Crippen LogP contribution in [0, 0.1) is 0 Å². The van der Waals surface area contributed by atoms with Gasteiger partial charge < -0.3 is 9.64 Å². The minimum Gasteiger partial charge on any atom is -0.487 e. The van der Waals surface area contributed by atoms with Crippen molar-refractivity contribution < 1.29 is 17.9 Å². The Hall–Kier alpha value is -2.68. The Morgan fingerprint density at radius 2 is 1.65 bits per heavy atom. The van der Waals surface area contributed by atoms with Gasteiger partial charge in [0, 0.05) is 37.1 Å². The summed E-state index contributed by atoms with van der Waals surface area (Å²) in [5, 5.41) is 0. The number of amides is 1. The Morgan fingerprint density at radius 1 is 0.971 bits per heavy atom. The number of carbonyl (C=O) groups excluding carboxylic acids is 1. The van der Waals surface area contributed by atoms with Gasteiger partial charge >= 0.3 is 0 Å². The van der Waals surface area contributed by atoms with E-state index >= 15 is 0 Å². The molecule has 1 aromatic heterocycles. The molecule has 8 heteroatoms. The Morgan fingerprint density at radius 3 is 2.29 bits per heavy atom. The van der Waals surface area contributed by atoms with Gasteiger partial charge in [-0.2, -0.15) is 0 Å². The Kier molecular flexibility index (Phi) is 6.72. The van der Waals surface area contributed by atoms with Gasteiger partial charge in [0.15, 0.2) is 9.84 Å². The van der Waals surface area contributed by atoms with Crippen molar-refractivity contribution in [1.82, 2.24) is 9.80 Å². The molecular formula is C26H28N2O4S2. The molecule has 2 saturated heterocycles. The van der Waals surface area contributed by atoms with Crippen molar-refractivity contribution in [3.63, 3.8) is 0 Å². The van der Waals surface area contributed by atoms with Crippen LogP contribution in [-0.4, -0.2) is 67.9 Å². The first-order valence-corrected chi connectivity index (χ1v) is 14.2. The third-order valence-corrected chi connectivity index (χ3v) is 9.42. The van der Waals surface area contributed by atoms with Gasteiger partial charge in [-0.05, 0) is 23.6 Å². The molecule has 0 radical (unpaired) electrons. The zero-order valence-corrected chi connectivity index (χ0v) is 20.6. The highest BCUT2D eigenvalue weighted by atomic mass is 32.2. The molecule has 1 unspecified atom stereocenters. The summed E-state index contributed by atoms with van der Waals surface area (Å²) in [4.78, 5) is 19.3. The fraction of sp³-hybridized carbons (Fsp3) is 0.346. The third kappa shape index (κ3) is 5.19. The van der Waals surface area contributed by atoms with E-state index in [2.05, 4.69) is 4.90 Å². The molecule has 0 spiro atoms. The number of ether oxygens (including phenoxy) is 1. The summed E-state index contributed by atoms with van der Waals surface area (Å²) in [6.45, 7) is 2.97. The van der Waals surface area contributed by atoms with Crippen molar-refractivity contribution in [2.24, 2.45) is 0 Å². The van der Waals surface area contributed by atoms with Gasteiger partial charge in [-0.1, -0.05) is 60.7 Å². The number of carbonyl (C=O) groups is 1. The van der Waals surface area contributed by atoms with Crippen LogP contribution in [0.25, 0.3) is 10.4 Å². The third-order valence-electron chi connectivity index (χ3n) is 6.51. The fourth-order valence-corrected chi connectivity index (χ4v) is 7.44. The molecule has 1 atom stereocenters. The second-order valence-corrected chi connectivity index (χ2v) is 12.1. The van der Waals surface area contributed by atoms with E-state index in [1.165, 1.54) is 11.3 Å². The summed E-state index contributed by atoms with van der Waals surface area (Å²) in [5.74, 6) is 1.11. The van der Waals surface area contributed by atoms with E-state index in [0.29, 0.717) is 49.8 Å². The molecule has 5 rings (SSSR count). The van der Waals surface area contributed by atoms with E-state index in [9.17, 15) is 13.2 Å². The first kappa shape index (κ1) is 23.1. The van der Waals surface area contributed by atoms with Crippen LogP contribution >= 0.6 is 11.3 Å². The second kappa shape index (κ2) is 9.90. The molecule has 6 nitrogen and oxygen atoms in total. The minimum atomic E-state index is -2.91. The standard InChI is InChI=1S/C26H28N2O4S2/c29-26(28-14-12-27(13-15-28)22-11-16-34(30,31)19-22)25-23(32-18-20-7-3-1-4-8-20)17-24(33-25)21-9-5-2-6-10-21/h1-10,17,22H,11-16,18-19H2. The van der Waals surface area contributed by atoms with Crippen molar-refractivity contribution in [2.45, 2.75) is 19.1 Å². The van der Waals surface area contributed by atoms with Crippen molar-refractivity contribution in [1.29, 1.82) is 0 Å². The van der Waals surface area contributed by atoms with Crippen LogP contribution in [0.4, 0.5) is 0 Å². The summed E-state index contributed by atoms with van der Waals surface area (Å²) in [5.41, 5.74) is 2.11. The lowest BCUT2D eigenvalue weighted by Gasteiger charge is -2.37. The normalized spacial score (nSPS) is 20.4. The Bertz CT molecular complexity index is 1230. The molecule has 0 N–H and O–H groups in total. The van der Waals surface area contributed by atoms with Gasteiger partial charge in [0.2, 0.25) is 0 Å². The van der Waals surface area contributed by atoms with Crippen LogP contribution < -0.4 is 4.74 Å². The smallest absolute Gasteiger partial charge is 0.267 e. The molecule has 2 fully saturated rings. The van der Waals surface area contributed by atoms with E-state index in [1.54, 1.807) is 0 Å². The number of nitrogens with zero attached hydrogens (tertiary/aromatic N) is 2. The number of piperazine rings is 1. The maximum Gasteiger partial charge on any atom is 0.267 e. The average molecular weight is 497 g/mol. The summed E-state index contributed by atoms with van der Waals surface area (Å²) in [6.07, 6.45) is 0.694. The predicted octanol–water partition coefficient (Wildman–Crippen LogP) is 3.94. The summed E-state index contributed by atoms with van der Waals surface area (Å²) in [6, 6.07) is 22.0. The predicted molar refractivity (Wildman–Crippen MR) is 135 cm³/mol. The van der Waals surface area contributed by atoms with Crippen LogP contribution in [0.3, 0.4) is 0 Å². The van der Waals surface area contributed by atoms with E-state index in [-0.39, 0.29) is 23.5 Å². The lowest BCUT2D eigenvalue weighted by atomic mass is 10.2. The SMILES string of the molecule is O=C(c1sc(-c2ccccc2)cc1OCc1ccccc1)N1CCN(C2CCS(=O)(=O)C2)CC1. The highest BCUT2D eigenvalue weighted by molar-refractivity contribution is 7.91. The number of hydrogen-bond donors (Lipinski definition) is 0. The number of benzene rings is 2. The fourth-order valence-electron chi connectivity index (χ4n) is 4.61. The molecule has 1 amide bonds. The zero-order chi connectivity index (χ0) is 23.5. The van der Waals surface area contributed by atoms with E-state index in [0.717, 1.165) is 16.0 Å². The van der Waals surface area contributed by atoms with Crippen molar-refractivity contribution in [3.8, 4) is 16.2 Å². The number of hydrogen-bond acceptors (Lipinski definition) is 6. The van der Waals surface area contributed by atoms with Crippen LogP contribution in [-0.2, 0) is 16.4 Å². The maximum absolute atomic E-state index is 13.5. The molecule has 0 bridgehead atoms. The van der Waals surface area contributed by atoms with Gasteiger partial charge in [0.05, 0.1) is 11.5 Å². The lowest BCUT2D eigenvalue weighted by Crippen LogP contribution is -2.52. The molecule has 0 aliphatic carbocycles. The van der Waals surface area contributed by atoms with Gasteiger partial charge in [-0.25, -0.2) is 8.42 Å². The van der Waals surface area contributed by atoms with Crippen LogP contribution in [0.5, 0.6) is 5.75 Å². The highest BCUT2D eigenvalue weighted by Gasteiger charge is 2.35. The van der Waals surface area contributed by atoms with E-state index in [4.69, 9.17) is 4.74 Å². The Labute approximate surface area is 204 Å². The monoisotopic (exact) mass is 496 g/mol. The summed E-state index contributed by atoms with van der Waals surface area (Å²) < 4.78 is 29.9. The van der Waals surface area contributed by atoms with Crippen LogP contribution in [0.15, 0.2) is 66.7 Å². The largest absolute Gasteiger partial charge is 0.487 e. The number of sulfone groups is 1. The summed E-state index contributed by atoms with van der Waals surface area (Å²) >= 11 is 1.47. The highest BCUT2D eigenvalue weighted by Crippen LogP contribution is 2.37. The number of rotatable bonds is 6. The Balaban J connectivity index is 1.32. The minimum absolute atomic E-state index is 0.0195. The molecule has 2 aromatic carbocycles. The quantitative estimate of drug-likeness (QED) is 0.517. The molecule has 0 saturated carbocycles. The van der Waals surface area contributed by atoms with Crippen molar-refractivity contribution >= 4 is 27.1 Å². The molecule has 3 heterocycles. The average Bonchev–Trinajstić information content (AvgIpc) is 3.47. The van der Waals surface area contributed by atoms with E-state index in [1.807, 2.05) is 71.6 Å².